The van der Waals surface area contributed by atoms with Crippen molar-refractivity contribution >= 4 is 47.6 Å². The normalized spacial score (nSPS) is 22.0. The van der Waals surface area contributed by atoms with Gasteiger partial charge in [0.25, 0.3) is 0 Å². The summed E-state index contributed by atoms with van der Waals surface area (Å²) in [7, 11) is 0. The third kappa shape index (κ3) is 2.50. The predicted octanol–water partition coefficient (Wildman–Crippen LogP) is 4.45. The van der Waals surface area contributed by atoms with Gasteiger partial charge >= 0.3 is 152 Å². The maximum atomic E-state index is 2.42. The van der Waals surface area contributed by atoms with Gasteiger partial charge in [-0.2, -0.15) is 0 Å². The van der Waals surface area contributed by atoms with Crippen LogP contribution in [0.1, 0.15) is 40.5 Å². The summed E-state index contributed by atoms with van der Waals surface area (Å²) in [4.78, 5) is 0. The molecule has 0 heterocycles. The molecule has 0 aromatic heterocycles. The SMILES string of the molecule is [Li][C]([Li])(CC1C=Cc2ccccc21)C1C=Cc2ccccc21. The van der Waals surface area contributed by atoms with Crippen LogP contribution in [0.5, 0.6) is 0 Å². The Hall–Kier alpha value is -0.885. The van der Waals surface area contributed by atoms with Crippen LogP contribution in [0.15, 0.2) is 60.7 Å². The molecule has 2 unspecified atom stereocenters. The summed E-state index contributed by atoms with van der Waals surface area (Å²) in [5.74, 6) is 1.07. The summed E-state index contributed by atoms with van der Waals surface area (Å²) in [6.07, 6.45) is 10.5. The molecular formula is C20H16Li2. The van der Waals surface area contributed by atoms with E-state index >= 15 is 0 Å². The van der Waals surface area contributed by atoms with Crippen molar-refractivity contribution < 1.29 is 0 Å². The predicted molar refractivity (Wildman–Crippen MR) is 95.3 cm³/mol. The number of hydrogen-bond acceptors (Lipinski definition) is 0. The number of allylic oxidation sites excluding steroid dienone is 2. The molecule has 0 bridgehead atoms. The first-order valence-electron chi connectivity index (χ1n) is 8.19. The van der Waals surface area contributed by atoms with Crippen LogP contribution in [0, 0.1) is 0 Å². The molecule has 2 aliphatic carbocycles. The zero-order valence-electron chi connectivity index (χ0n) is 13.3. The van der Waals surface area contributed by atoms with E-state index in [4.69, 9.17) is 0 Å². The Kier molecular flexibility index (Phi) is 3.76. The van der Waals surface area contributed by atoms with Crippen LogP contribution in [0.25, 0.3) is 12.2 Å². The summed E-state index contributed by atoms with van der Waals surface area (Å²) in [6, 6.07) is 17.6. The molecule has 0 spiro atoms. The standard InChI is InChI=1S/C20H16.2Li/c1-3-7-19-15(5-1)9-11-17(19)13-14-18-12-10-16-6-2-4-8-20(16)18;;/h1-12,17-18H,13H2;;. The second-order valence-corrected chi connectivity index (χ2v) is 7.25. The van der Waals surface area contributed by atoms with Crippen LogP contribution in [0.3, 0.4) is 0 Å². The number of fused-ring (bicyclic) bond motifs is 2. The van der Waals surface area contributed by atoms with Crippen molar-refractivity contribution in [3.63, 3.8) is 0 Å². The topological polar surface area (TPSA) is 0 Å². The van der Waals surface area contributed by atoms with E-state index in [0.717, 1.165) is 0 Å². The van der Waals surface area contributed by atoms with Crippen molar-refractivity contribution in [3.8, 4) is 0 Å². The summed E-state index contributed by atoms with van der Waals surface area (Å²) in [6.45, 7) is 0. The second-order valence-electron chi connectivity index (χ2n) is 7.25. The molecule has 2 aromatic carbocycles. The van der Waals surface area contributed by atoms with Crippen molar-refractivity contribution in [3.05, 3.63) is 82.9 Å². The Morgan fingerprint density at radius 1 is 0.773 bits per heavy atom. The zero-order valence-corrected chi connectivity index (χ0v) is 13.3. The van der Waals surface area contributed by atoms with E-state index in [9.17, 15) is 0 Å². The van der Waals surface area contributed by atoms with Crippen LogP contribution in [0.4, 0.5) is 0 Å². The first kappa shape index (κ1) is 14.7. The molecule has 0 N–H and O–H groups in total. The second kappa shape index (κ2) is 5.63. The van der Waals surface area contributed by atoms with Crippen LogP contribution in [-0.4, -0.2) is 35.4 Å². The van der Waals surface area contributed by atoms with Crippen molar-refractivity contribution in [1.29, 1.82) is 0 Å². The van der Waals surface area contributed by atoms with Crippen molar-refractivity contribution in [2.45, 2.75) is 21.0 Å². The van der Waals surface area contributed by atoms with Gasteiger partial charge in [0.2, 0.25) is 0 Å². The molecule has 0 radical (unpaired) electrons. The first-order chi connectivity index (χ1) is 10.6. The van der Waals surface area contributed by atoms with E-state index in [1.54, 1.807) is 0 Å². The summed E-state index contributed by atoms with van der Waals surface area (Å²) < 4.78 is 0.246. The fourth-order valence-electron chi connectivity index (χ4n) is 4.13. The molecule has 2 heteroatoms. The Balaban J connectivity index is 1.61. The Morgan fingerprint density at radius 2 is 1.36 bits per heavy atom. The fourth-order valence-corrected chi connectivity index (χ4v) is 4.13. The summed E-state index contributed by atoms with van der Waals surface area (Å²) >= 11 is 4.83. The third-order valence-electron chi connectivity index (χ3n) is 5.29. The molecule has 0 amide bonds. The zero-order chi connectivity index (χ0) is 15.2. The molecule has 4 rings (SSSR count). The molecule has 2 aromatic rings. The van der Waals surface area contributed by atoms with E-state index in [1.807, 2.05) is 0 Å². The van der Waals surface area contributed by atoms with Gasteiger partial charge in [-0.15, -0.1) is 0 Å². The van der Waals surface area contributed by atoms with Crippen LogP contribution < -0.4 is 0 Å². The Labute approximate surface area is 151 Å². The minimum absolute atomic E-state index is 0.246. The van der Waals surface area contributed by atoms with E-state index in [1.165, 1.54) is 28.7 Å². The molecule has 0 saturated carbocycles. The van der Waals surface area contributed by atoms with Gasteiger partial charge in [0, 0.05) is 0 Å². The number of hydrogen-bond donors (Lipinski definition) is 0. The van der Waals surface area contributed by atoms with E-state index < -0.39 is 0 Å². The van der Waals surface area contributed by atoms with E-state index in [0.29, 0.717) is 11.8 Å². The molecule has 0 nitrogen and oxygen atoms in total. The summed E-state index contributed by atoms with van der Waals surface area (Å²) in [5.41, 5.74) is 5.77. The minimum atomic E-state index is 0.246. The first-order valence-corrected chi connectivity index (χ1v) is 8.19. The van der Waals surface area contributed by atoms with Crippen LogP contribution in [-0.2, 0) is 0 Å². The fraction of sp³-hybridized carbons (Fsp3) is 0.200. The molecule has 0 fully saturated rings. The monoisotopic (exact) mass is 270 g/mol. The van der Waals surface area contributed by atoms with Crippen LogP contribution >= 0.6 is 0 Å². The van der Waals surface area contributed by atoms with E-state index in [-0.39, 0.29) is 2.76 Å². The Morgan fingerprint density at radius 3 is 2.14 bits per heavy atom. The van der Waals surface area contributed by atoms with Crippen molar-refractivity contribution in [2.24, 2.45) is 0 Å². The molecule has 22 heavy (non-hydrogen) atoms. The van der Waals surface area contributed by atoms with Gasteiger partial charge in [0.1, 0.15) is 0 Å². The quantitative estimate of drug-likeness (QED) is 0.723. The van der Waals surface area contributed by atoms with Gasteiger partial charge in [-0.25, -0.2) is 0 Å². The van der Waals surface area contributed by atoms with Crippen LogP contribution in [0.2, 0.25) is 2.76 Å². The van der Waals surface area contributed by atoms with Gasteiger partial charge in [-0.05, 0) is 0 Å². The van der Waals surface area contributed by atoms with Gasteiger partial charge in [-0.1, -0.05) is 0 Å². The molecule has 0 aliphatic heterocycles. The molecule has 0 saturated heterocycles. The number of benzene rings is 2. The number of rotatable bonds is 3. The molecule has 98 valence electrons. The van der Waals surface area contributed by atoms with E-state index in [2.05, 4.69) is 108 Å². The average molecular weight is 270 g/mol. The average Bonchev–Trinajstić information content (AvgIpc) is 3.12. The molecule has 2 atom stereocenters. The van der Waals surface area contributed by atoms with Crippen molar-refractivity contribution in [1.82, 2.24) is 0 Å². The van der Waals surface area contributed by atoms with Gasteiger partial charge in [-0.3, -0.25) is 0 Å². The molecular weight excluding hydrogens is 254 g/mol. The van der Waals surface area contributed by atoms with Gasteiger partial charge in [0.15, 0.2) is 0 Å². The maximum absolute atomic E-state index is 2.42. The van der Waals surface area contributed by atoms with Crippen molar-refractivity contribution in [2.75, 3.05) is 0 Å². The van der Waals surface area contributed by atoms with Gasteiger partial charge in [0.05, 0.1) is 0 Å². The summed E-state index contributed by atoms with van der Waals surface area (Å²) in [5, 5.41) is 0. The van der Waals surface area contributed by atoms with Gasteiger partial charge < -0.3 is 0 Å². The Bertz CT molecular complexity index is 771. The third-order valence-corrected chi connectivity index (χ3v) is 5.29. The molecule has 2 aliphatic rings.